The molecule has 3 rings (SSSR count). The van der Waals surface area contributed by atoms with Gasteiger partial charge in [0, 0.05) is 17.6 Å². The number of rotatable bonds is 6. The summed E-state index contributed by atoms with van der Waals surface area (Å²) < 4.78 is 39.3. The van der Waals surface area contributed by atoms with Gasteiger partial charge in [-0.15, -0.1) is 0 Å². The van der Waals surface area contributed by atoms with Crippen molar-refractivity contribution in [2.24, 2.45) is 0 Å². The van der Waals surface area contributed by atoms with Crippen molar-refractivity contribution in [2.45, 2.75) is 13.8 Å². The van der Waals surface area contributed by atoms with Crippen LogP contribution in [0.15, 0.2) is 34.9 Å². The highest BCUT2D eigenvalue weighted by Gasteiger charge is 2.21. The molecule has 3 aromatic rings. The summed E-state index contributed by atoms with van der Waals surface area (Å²) in [5, 5.41) is 2.70. The summed E-state index contributed by atoms with van der Waals surface area (Å²) in [6.07, 6.45) is 1.33. The summed E-state index contributed by atoms with van der Waals surface area (Å²) >= 11 is 9.11. The Hall–Kier alpha value is -2.45. The molecule has 0 unspecified atom stereocenters. The van der Waals surface area contributed by atoms with Crippen LogP contribution in [0.4, 0.5) is 20.2 Å². The predicted molar refractivity (Wildman–Crippen MR) is 111 cm³/mol. The first-order chi connectivity index (χ1) is 13.9. The Morgan fingerprint density at radius 1 is 1.24 bits per heavy atom. The van der Waals surface area contributed by atoms with Gasteiger partial charge in [0.1, 0.15) is 22.2 Å². The highest BCUT2D eigenvalue weighted by atomic mass is 79.9. The van der Waals surface area contributed by atoms with E-state index in [9.17, 15) is 13.6 Å². The van der Waals surface area contributed by atoms with Gasteiger partial charge in [0.05, 0.1) is 34.6 Å². The molecule has 0 spiro atoms. The smallest absolute Gasteiger partial charge is 0.341 e. The second-order valence-corrected chi connectivity index (χ2v) is 7.08. The van der Waals surface area contributed by atoms with Crippen LogP contribution in [-0.4, -0.2) is 24.2 Å². The zero-order chi connectivity index (χ0) is 21.1. The van der Waals surface area contributed by atoms with Crippen molar-refractivity contribution in [3.8, 4) is 5.75 Å². The fraction of sp³-hybridized carbons (Fsp3) is 0.200. The Morgan fingerprint density at radius 2 is 2.00 bits per heavy atom. The minimum atomic E-state index is -0.976. The number of aromatic nitrogens is 1. The maximum atomic E-state index is 14.5. The molecule has 0 amide bonds. The molecule has 0 saturated carbocycles. The number of benzene rings is 2. The monoisotopic (exact) mass is 484 g/mol. The molecular formula is C20H16BrClF2N2O3. The number of fused-ring (bicyclic) bond motifs is 1. The minimum absolute atomic E-state index is 0.0928. The topological polar surface area (TPSA) is 60.5 Å². The quantitative estimate of drug-likeness (QED) is 0.330. The molecule has 0 aliphatic heterocycles. The van der Waals surface area contributed by atoms with Crippen LogP contribution in [0.3, 0.4) is 0 Å². The van der Waals surface area contributed by atoms with E-state index in [4.69, 9.17) is 21.1 Å². The lowest BCUT2D eigenvalue weighted by molar-refractivity contribution is 0.0527. The van der Waals surface area contributed by atoms with Crippen molar-refractivity contribution < 1.29 is 23.0 Å². The van der Waals surface area contributed by atoms with Crippen LogP contribution in [0.1, 0.15) is 24.2 Å². The highest BCUT2D eigenvalue weighted by Crippen LogP contribution is 2.37. The van der Waals surface area contributed by atoms with Gasteiger partial charge in [-0.2, -0.15) is 0 Å². The average molecular weight is 486 g/mol. The number of nitrogens with zero attached hydrogens (tertiary/aromatic N) is 1. The molecule has 29 heavy (non-hydrogen) atoms. The molecule has 0 atom stereocenters. The molecule has 0 aliphatic rings. The predicted octanol–water partition coefficient (Wildman–Crippen LogP) is 6.25. The number of hydrogen-bond donors (Lipinski definition) is 1. The van der Waals surface area contributed by atoms with E-state index >= 15 is 0 Å². The summed E-state index contributed by atoms with van der Waals surface area (Å²) in [6, 6.07) is 5.62. The third-order valence-corrected chi connectivity index (χ3v) is 4.98. The van der Waals surface area contributed by atoms with Crippen LogP contribution in [0.25, 0.3) is 10.9 Å². The van der Waals surface area contributed by atoms with Gasteiger partial charge in [0.25, 0.3) is 0 Å². The highest BCUT2D eigenvalue weighted by molar-refractivity contribution is 9.10. The number of anilines is 2. The summed E-state index contributed by atoms with van der Waals surface area (Å²) in [7, 11) is 0. The van der Waals surface area contributed by atoms with Gasteiger partial charge in [-0.25, -0.2) is 13.6 Å². The van der Waals surface area contributed by atoms with Crippen LogP contribution in [0, 0.1) is 11.6 Å². The van der Waals surface area contributed by atoms with Gasteiger partial charge in [-0.05, 0) is 48.0 Å². The molecule has 0 saturated heterocycles. The van der Waals surface area contributed by atoms with Gasteiger partial charge in [-0.1, -0.05) is 11.6 Å². The molecule has 0 aliphatic carbocycles. The zero-order valence-corrected chi connectivity index (χ0v) is 17.8. The third kappa shape index (κ3) is 4.28. The first-order valence-electron chi connectivity index (χ1n) is 8.70. The van der Waals surface area contributed by atoms with Crippen molar-refractivity contribution >= 4 is 55.8 Å². The molecule has 152 valence electrons. The van der Waals surface area contributed by atoms with E-state index in [2.05, 4.69) is 26.2 Å². The molecule has 1 aromatic heterocycles. The van der Waals surface area contributed by atoms with Crippen molar-refractivity contribution in [3.63, 3.8) is 0 Å². The number of pyridine rings is 1. The van der Waals surface area contributed by atoms with Gasteiger partial charge in [0.15, 0.2) is 5.82 Å². The second-order valence-electron chi connectivity index (χ2n) is 5.85. The van der Waals surface area contributed by atoms with Crippen LogP contribution < -0.4 is 10.1 Å². The molecule has 1 N–H and O–H groups in total. The van der Waals surface area contributed by atoms with Gasteiger partial charge in [-0.3, -0.25) is 4.98 Å². The fourth-order valence-corrected chi connectivity index (χ4v) is 3.34. The molecule has 1 heterocycles. The van der Waals surface area contributed by atoms with E-state index in [1.54, 1.807) is 19.1 Å². The second kappa shape index (κ2) is 8.92. The van der Waals surface area contributed by atoms with Crippen molar-refractivity contribution in [2.75, 3.05) is 18.5 Å². The van der Waals surface area contributed by atoms with Crippen LogP contribution >= 0.6 is 27.5 Å². The van der Waals surface area contributed by atoms with Crippen LogP contribution in [-0.2, 0) is 4.74 Å². The van der Waals surface area contributed by atoms with E-state index in [1.165, 1.54) is 12.3 Å². The first-order valence-corrected chi connectivity index (χ1v) is 9.87. The Bertz CT molecular complexity index is 1100. The Morgan fingerprint density at radius 3 is 2.69 bits per heavy atom. The summed E-state index contributed by atoms with van der Waals surface area (Å²) in [5.74, 6) is -1.93. The first kappa shape index (κ1) is 21.3. The molecule has 2 aromatic carbocycles. The lowest BCUT2D eigenvalue weighted by Crippen LogP contribution is -2.10. The lowest BCUT2D eigenvalue weighted by atomic mass is 10.1. The maximum absolute atomic E-state index is 14.5. The standard InChI is InChI=1S/C20H16BrClF2N2O3/c1-3-28-16-8-15-10(7-12(16)21)19(11(9-25-15)20(27)29-4-2)26-14-6-5-13(23)17(22)18(14)24/h5-9H,3-4H2,1-2H3,(H,25,26). The van der Waals surface area contributed by atoms with E-state index in [-0.39, 0.29) is 23.5 Å². The SMILES string of the molecule is CCOC(=O)c1cnc2cc(OCC)c(Br)cc2c1Nc1ccc(F)c(Cl)c1F. The maximum Gasteiger partial charge on any atom is 0.341 e. The largest absolute Gasteiger partial charge is 0.493 e. The summed E-state index contributed by atoms with van der Waals surface area (Å²) in [5.41, 5.74) is 0.745. The van der Waals surface area contributed by atoms with Crippen molar-refractivity contribution in [3.05, 3.63) is 57.2 Å². The number of carbonyl (C=O) groups excluding carboxylic acids is 1. The molecule has 5 nitrogen and oxygen atoms in total. The molecule has 0 radical (unpaired) electrons. The number of halogens is 4. The van der Waals surface area contributed by atoms with Crippen molar-refractivity contribution in [1.29, 1.82) is 0 Å². The van der Waals surface area contributed by atoms with Crippen molar-refractivity contribution in [1.82, 2.24) is 4.98 Å². The fourth-order valence-electron chi connectivity index (χ4n) is 2.71. The third-order valence-electron chi connectivity index (χ3n) is 4.01. The summed E-state index contributed by atoms with van der Waals surface area (Å²) in [6.45, 7) is 4.13. The van der Waals surface area contributed by atoms with E-state index in [0.29, 0.717) is 27.7 Å². The molecular weight excluding hydrogens is 470 g/mol. The minimum Gasteiger partial charge on any atom is -0.493 e. The number of carbonyl (C=O) groups is 1. The normalized spacial score (nSPS) is 10.8. The summed E-state index contributed by atoms with van der Waals surface area (Å²) in [4.78, 5) is 16.7. The zero-order valence-electron chi connectivity index (χ0n) is 15.5. The van der Waals surface area contributed by atoms with Gasteiger partial charge < -0.3 is 14.8 Å². The number of esters is 1. The van der Waals surface area contributed by atoms with E-state index in [0.717, 1.165) is 6.07 Å². The molecule has 9 heteroatoms. The van der Waals surface area contributed by atoms with E-state index < -0.39 is 22.6 Å². The van der Waals surface area contributed by atoms with E-state index in [1.807, 2.05) is 6.92 Å². The molecule has 0 bridgehead atoms. The number of nitrogens with one attached hydrogen (secondary N) is 1. The lowest BCUT2D eigenvalue weighted by Gasteiger charge is -2.16. The van der Waals surface area contributed by atoms with Crippen LogP contribution in [0.5, 0.6) is 5.75 Å². The number of ether oxygens (including phenoxy) is 2. The average Bonchev–Trinajstić information content (AvgIpc) is 2.69. The van der Waals surface area contributed by atoms with Gasteiger partial charge in [0.2, 0.25) is 0 Å². The Kier molecular flexibility index (Phi) is 6.54. The Labute approximate surface area is 179 Å². The Balaban J connectivity index is 2.22. The number of hydrogen-bond acceptors (Lipinski definition) is 5. The van der Waals surface area contributed by atoms with Gasteiger partial charge >= 0.3 is 5.97 Å². The van der Waals surface area contributed by atoms with Crippen LogP contribution in [0.2, 0.25) is 5.02 Å². The molecule has 0 fully saturated rings.